The number of carbonyl (C=O) groups is 2. The molecule has 36 heavy (non-hydrogen) atoms. The SMILES string of the molecule is COc1ccc([C@@H]2[C@@H](C(=O)N3CCN(c4ccccn4)CC3)c3ccccc3C(=O)N2C)cc1OC. The van der Waals surface area contributed by atoms with Crippen molar-refractivity contribution in [2.24, 2.45) is 0 Å². The Morgan fingerprint density at radius 1 is 0.917 bits per heavy atom. The molecule has 8 heteroatoms. The second kappa shape index (κ2) is 9.89. The van der Waals surface area contributed by atoms with Crippen LogP contribution in [0.5, 0.6) is 11.5 Å². The van der Waals surface area contributed by atoms with E-state index in [0.717, 1.165) is 16.9 Å². The van der Waals surface area contributed by atoms with Crippen molar-refractivity contribution in [1.82, 2.24) is 14.8 Å². The van der Waals surface area contributed by atoms with Gasteiger partial charge in [-0.3, -0.25) is 9.59 Å². The van der Waals surface area contributed by atoms with Gasteiger partial charge in [-0.15, -0.1) is 0 Å². The van der Waals surface area contributed by atoms with Gasteiger partial charge in [-0.1, -0.05) is 30.3 Å². The number of carbonyl (C=O) groups excluding carboxylic acids is 2. The summed E-state index contributed by atoms with van der Waals surface area (Å²) in [5.41, 5.74) is 2.16. The van der Waals surface area contributed by atoms with Gasteiger partial charge in [-0.05, 0) is 41.5 Å². The van der Waals surface area contributed by atoms with E-state index in [4.69, 9.17) is 9.47 Å². The van der Waals surface area contributed by atoms with Gasteiger partial charge in [0.15, 0.2) is 11.5 Å². The molecule has 0 N–H and O–H groups in total. The van der Waals surface area contributed by atoms with E-state index < -0.39 is 12.0 Å². The van der Waals surface area contributed by atoms with Crippen molar-refractivity contribution < 1.29 is 19.1 Å². The number of ether oxygens (including phenoxy) is 2. The summed E-state index contributed by atoms with van der Waals surface area (Å²) >= 11 is 0. The van der Waals surface area contributed by atoms with Gasteiger partial charge in [0, 0.05) is 45.0 Å². The highest BCUT2D eigenvalue weighted by Crippen LogP contribution is 2.44. The Hall–Kier alpha value is -4.07. The molecule has 1 aromatic heterocycles. The molecular formula is C28H30N4O4. The number of amides is 2. The lowest BCUT2D eigenvalue weighted by molar-refractivity contribution is -0.134. The van der Waals surface area contributed by atoms with E-state index in [1.165, 1.54) is 0 Å². The quantitative estimate of drug-likeness (QED) is 0.551. The van der Waals surface area contributed by atoms with Gasteiger partial charge < -0.3 is 24.2 Å². The lowest BCUT2D eigenvalue weighted by Gasteiger charge is -2.43. The van der Waals surface area contributed by atoms with Crippen LogP contribution in [0.4, 0.5) is 5.82 Å². The van der Waals surface area contributed by atoms with Gasteiger partial charge in [0.05, 0.1) is 26.2 Å². The van der Waals surface area contributed by atoms with Crippen molar-refractivity contribution in [2.45, 2.75) is 12.0 Å². The van der Waals surface area contributed by atoms with Crippen molar-refractivity contribution in [2.75, 3.05) is 52.3 Å². The average molecular weight is 487 g/mol. The number of nitrogens with zero attached hydrogens (tertiary/aromatic N) is 4. The van der Waals surface area contributed by atoms with Crippen LogP contribution in [0.25, 0.3) is 0 Å². The van der Waals surface area contributed by atoms with Gasteiger partial charge in [0.2, 0.25) is 5.91 Å². The maximum Gasteiger partial charge on any atom is 0.254 e. The number of hydrogen-bond acceptors (Lipinski definition) is 6. The molecule has 0 bridgehead atoms. The molecule has 8 nitrogen and oxygen atoms in total. The zero-order valence-corrected chi connectivity index (χ0v) is 20.8. The predicted molar refractivity (Wildman–Crippen MR) is 137 cm³/mol. The molecule has 2 aliphatic rings. The molecule has 0 spiro atoms. The van der Waals surface area contributed by atoms with E-state index in [1.807, 2.05) is 59.5 Å². The van der Waals surface area contributed by atoms with Crippen LogP contribution in [0.2, 0.25) is 0 Å². The van der Waals surface area contributed by atoms with Crippen LogP contribution >= 0.6 is 0 Å². The molecule has 186 valence electrons. The van der Waals surface area contributed by atoms with E-state index in [-0.39, 0.29) is 11.8 Å². The van der Waals surface area contributed by atoms with E-state index in [1.54, 1.807) is 38.4 Å². The Kier molecular flexibility index (Phi) is 6.50. The molecule has 3 heterocycles. The first-order chi connectivity index (χ1) is 17.5. The third-order valence-corrected chi connectivity index (χ3v) is 7.16. The van der Waals surface area contributed by atoms with Crippen molar-refractivity contribution in [3.63, 3.8) is 0 Å². The number of benzene rings is 2. The Labute approximate surface area is 211 Å². The Morgan fingerprint density at radius 3 is 2.33 bits per heavy atom. The van der Waals surface area contributed by atoms with Crippen LogP contribution in [0.15, 0.2) is 66.9 Å². The lowest BCUT2D eigenvalue weighted by Crippen LogP contribution is -2.53. The second-order valence-electron chi connectivity index (χ2n) is 9.04. The number of hydrogen-bond donors (Lipinski definition) is 0. The van der Waals surface area contributed by atoms with Gasteiger partial charge in [-0.25, -0.2) is 4.98 Å². The normalized spacial score (nSPS) is 19.6. The summed E-state index contributed by atoms with van der Waals surface area (Å²) in [4.78, 5) is 37.8. The maximum absolute atomic E-state index is 14.2. The Balaban J connectivity index is 1.49. The molecule has 1 fully saturated rings. The summed E-state index contributed by atoms with van der Waals surface area (Å²) in [6.07, 6.45) is 1.78. The third-order valence-electron chi connectivity index (χ3n) is 7.16. The van der Waals surface area contributed by atoms with Crippen LogP contribution in [0.3, 0.4) is 0 Å². The first-order valence-corrected chi connectivity index (χ1v) is 12.1. The van der Waals surface area contributed by atoms with Gasteiger partial charge >= 0.3 is 0 Å². The zero-order chi connectivity index (χ0) is 25.2. The van der Waals surface area contributed by atoms with Crippen molar-refractivity contribution in [1.29, 1.82) is 0 Å². The number of likely N-dealkylation sites (N-methyl/N-ethyl adjacent to an activating group) is 1. The van der Waals surface area contributed by atoms with E-state index in [0.29, 0.717) is 43.2 Å². The molecule has 5 rings (SSSR count). The fourth-order valence-corrected chi connectivity index (χ4v) is 5.29. The number of anilines is 1. The molecule has 3 aromatic rings. The lowest BCUT2D eigenvalue weighted by atomic mass is 9.79. The summed E-state index contributed by atoms with van der Waals surface area (Å²) in [7, 11) is 4.93. The largest absolute Gasteiger partial charge is 0.493 e. The summed E-state index contributed by atoms with van der Waals surface area (Å²) < 4.78 is 10.9. The van der Waals surface area contributed by atoms with Gasteiger partial charge in [-0.2, -0.15) is 0 Å². The number of rotatable bonds is 5. The Bertz CT molecular complexity index is 1260. The fourth-order valence-electron chi connectivity index (χ4n) is 5.29. The molecule has 2 atom stereocenters. The number of methoxy groups -OCH3 is 2. The van der Waals surface area contributed by atoms with Crippen LogP contribution in [-0.4, -0.2) is 74.0 Å². The highest BCUT2D eigenvalue weighted by Gasteiger charge is 2.44. The van der Waals surface area contributed by atoms with Gasteiger partial charge in [0.1, 0.15) is 5.82 Å². The minimum Gasteiger partial charge on any atom is -0.493 e. The van der Waals surface area contributed by atoms with Gasteiger partial charge in [0.25, 0.3) is 5.91 Å². The molecule has 0 radical (unpaired) electrons. The van der Waals surface area contributed by atoms with Crippen molar-refractivity contribution in [3.05, 3.63) is 83.6 Å². The molecular weight excluding hydrogens is 456 g/mol. The molecule has 0 aliphatic carbocycles. The first-order valence-electron chi connectivity index (χ1n) is 12.1. The molecule has 0 saturated carbocycles. The monoisotopic (exact) mass is 486 g/mol. The minimum absolute atomic E-state index is 0.0160. The van der Waals surface area contributed by atoms with Crippen LogP contribution in [0.1, 0.15) is 33.4 Å². The third kappa shape index (κ3) is 4.12. The number of pyridine rings is 1. The number of fused-ring (bicyclic) bond motifs is 1. The second-order valence-corrected chi connectivity index (χ2v) is 9.04. The maximum atomic E-state index is 14.2. The average Bonchev–Trinajstić information content (AvgIpc) is 2.94. The molecule has 2 aromatic carbocycles. The molecule has 1 saturated heterocycles. The summed E-state index contributed by atoms with van der Waals surface area (Å²) in [5.74, 6) is 1.45. The summed E-state index contributed by atoms with van der Waals surface area (Å²) in [6, 6.07) is 18.4. The number of aromatic nitrogens is 1. The molecule has 2 aliphatic heterocycles. The van der Waals surface area contributed by atoms with Crippen LogP contribution < -0.4 is 14.4 Å². The van der Waals surface area contributed by atoms with Crippen LogP contribution in [-0.2, 0) is 4.79 Å². The van der Waals surface area contributed by atoms with Crippen molar-refractivity contribution in [3.8, 4) is 11.5 Å². The standard InChI is InChI=1S/C28H30N4O4/c1-30-26(19-11-12-22(35-2)23(18-19)36-3)25(20-8-4-5-9-21(20)27(30)33)28(34)32-16-14-31(15-17-32)24-10-6-7-13-29-24/h4-13,18,25-26H,14-17H2,1-3H3/t25-,26+/m0/s1. The molecule has 2 amide bonds. The summed E-state index contributed by atoms with van der Waals surface area (Å²) in [5, 5.41) is 0. The van der Waals surface area contributed by atoms with E-state index in [9.17, 15) is 9.59 Å². The smallest absolute Gasteiger partial charge is 0.254 e. The summed E-state index contributed by atoms with van der Waals surface area (Å²) in [6.45, 7) is 2.58. The minimum atomic E-state index is -0.539. The predicted octanol–water partition coefficient (Wildman–Crippen LogP) is 3.36. The fraction of sp³-hybridized carbons (Fsp3) is 0.321. The number of piperazine rings is 1. The van der Waals surface area contributed by atoms with Crippen LogP contribution in [0, 0.1) is 0 Å². The topological polar surface area (TPSA) is 75.2 Å². The first kappa shape index (κ1) is 23.7. The molecule has 0 unspecified atom stereocenters. The highest BCUT2D eigenvalue weighted by molar-refractivity contribution is 6.01. The van der Waals surface area contributed by atoms with E-state index >= 15 is 0 Å². The Morgan fingerprint density at radius 2 is 1.64 bits per heavy atom. The zero-order valence-electron chi connectivity index (χ0n) is 20.8. The highest BCUT2D eigenvalue weighted by atomic mass is 16.5. The van der Waals surface area contributed by atoms with E-state index in [2.05, 4.69) is 9.88 Å². The van der Waals surface area contributed by atoms with Crippen molar-refractivity contribution >= 4 is 17.6 Å².